The lowest BCUT2D eigenvalue weighted by atomic mass is 10.2. The van der Waals surface area contributed by atoms with Crippen LogP contribution in [0.5, 0.6) is 0 Å². The second-order valence-electron chi connectivity index (χ2n) is 4.99. The van der Waals surface area contributed by atoms with Gasteiger partial charge in [0.05, 0.1) is 13.2 Å². The number of hydrogen-bond donors (Lipinski definition) is 1. The monoisotopic (exact) mass is 431 g/mol. The zero-order valence-electron chi connectivity index (χ0n) is 13.5. The van der Waals surface area contributed by atoms with Crippen molar-refractivity contribution >= 4 is 40.8 Å². The van der Waals surface area contributed by atoms with E-state index in [9.17, 15) is 4.57 Å². The van der Waals surface area contributed by atoms with Crippen molar-refractivity contribution in [2.75, 3.05) is 18.5 Å². The van der Waals surface area contributed by atoms with Gasteiger partial charge < -0.3 is 14.4 Å². The lowest BCUT2D eigenvalue weighted by Crippen LogP contribution is -2.15. The third kappa shape index (κ3) is 5.08. The van der Waals surface area contributed by atoms with Crippen molar-refractivity contribution in [1.82, 2.24) is 0 Å². The van der Waals surface area contributed by atoms with Gasteiger partial charge >= 0.3 is 7.60 Å². The second kappa shape index (κ2) is 9.02. The van der Waals surface area contributed by atoms with Crippen molar-refractivity contribution in [2.24, 2.45) is 0 Å². The molecule has 0 heterocycles. The average molecular weight is 433 g/mol. The molecule has 1 atom stereocenters. The van der Waals surface area contributed by atoms with Crippen LogP contribution in [0.2, 0.25) is 5.02 Å². The average Bonchev–Trinajstić information content (AvgIpc) is 2.53. The standard InChI is InChI=1S/C17H20BrClNO3P/c1-3-22-24(21,23-4-2)17(13-7-5-8-14(18)11-13)20-16-10-6-9-15(19)12-16/h5-12,17,20H,3-4H2,1-2H3. The molecule has 0 aliphatic carbocycles. The van der Waals surface area contributed by atoms with E-state index in [0.717, 1.165) is 15.7 Å². The summed E-state index contributed by atoms with van der Waals surface area (Å²) in [5, 5.41) is 3.85. The minimum Gasteiger partial charge on any atom is -0.368 e. The molecule has 2 aromatic rings. The number of anilines is 1. The minimum absolute atomic E-state index is 0.291. The molecule has 0 aromatic heterocycles. The summed E-state index contributed by atoms with van der Waals surface area (Å²) in [6.45, 7) is 4.17. The Bertz CT molecular complexity index is 718. The zero-order chi connectivity index (χ0) is 17.6. The summed E-state index contributed by atoms with van der Waals surface area (Å²) in [6.07, 6.45) is 0. The third-order valence-corrected chi connectivity index (χ3v) is 6.25. The predicted octanol–water partition coefficient (Wildman–Crippen LogP) is 6.48. The molecule has 0 aliphatic rings. The molecule has 2 aromatic carbocycles. The first-order valence-corrected chi connectivity index (χ1v) is 10.4. The molecule has 2 rings (SSSR count). The van der Waals surface area contributed by atoms with E-state index >= 15 is 0 Å². The van der Waals surface area contributed by atoms with Crippen LogP contribution in [0.4, 0.5) is 5.69 Å². The van der Waals surface area contributed by atoms with Crippen LogP contribution >= 0.6 is 35.1 Å². The van der Waals surface area contributed by atoms with Crippen LogP contribution in [0.25, 0.3) is 0 Å². The van der Waals surface area contributed by atoms with E-state index in [1.54, 1.807) is 26.0 Å². The Hall–Kier alpha value is -0.840. The molecule has 0 saturated heterocycles. The maximum atomic E-state index is 13.4. The van der Waals surface area contributed by atoms with Gasteiger partial charge in [0.2, 0.25) is 0 Å². The number of rotatable bonds is 8. The van der Waals surface area contributed by atoms with E-state index in [-0.39, 0.29) is 0 Å². The fourth-order valence-corrected chi connectivity index (χ4v) is 4.84. The molecular formula is C17H20BrClNO3P. The van der Waals surface area contributed by atoms with Crippen molar-refractivity contribution < 1.29 is 13.6 Å². The highest BCUT2D eigenvalue weighted by Crippen LogP contribution is 2.60. The maximum Gasteiger partial charge on any atom is 0.357 e. The van der Waals surface area contributed by atoms with Crippen molar-refractivity contribution in [3.8, 4) is 0 Å². The Morgan fingerprint density at radius 2 is 1.79 bits per heavy atom. The van der Waals surface area contributed by atoms with Gasteiger partial charge in [-0.25, -0.2) is 0 Å². The van der Waals surface area contributed by atoms with Gasteiger partial charge in [-0.1, -0.05) is 45.7 Å². The van der Waals surface area contributed by atoms with Crippen molar-refractivity contribution in [3.05, 3.63) is 63.6 Å². The number of nitrogens with one attached hydrogen (secondary N) is 1. The molecule has 7 heteroatoms. The van der Waals surface area contributed by atoms with E-state index in [2.05, 4.69) is 21.2 Å². The molecule has 0 fully saturated rings. The normalized spacial score (nSPS) is 12.8. The number of halogens is 2. The Labute approximate surface area is 156 Å². The molecule has 24 heavy (non-hydrogen) atoms. The Kier molecular flexibility index (Phi) is 7.33. The van der Waals surface area contributed by atoms with Crippen LogP contribution in [-0.2, 0) is 13.6 Å². The van der Waals surface area contributed by atoms with Crippen LogP contribution in [-0.4, -0.2) is 13.2 Å². The first-order chi connectivity index (χ1) is 11.5. The van der Waals surface area contributed by atoms with E-state index in [0.29, 0.717) is 18.2 Å². The van der Waals surface area contributed by atoms with Gasteiger partial charge in [-0.3, -0.25) is 4.57 Å². The van der Waals surface area contributed by atoms with E-state index in [1.165, 1.54) is 0 Å². The number of benzene rings is 2. The Morgan fingerprint density at radius 3 is 2.38 bits per heavy atom. The summed E-state index contributed by atoms with van der Waals surface area (Å²) in [6, 6.07) is 14.8. The lowest BCUT2D eigenvalue weighted by molar-refractivity contribution is 0.214. The summed E-state index contributed by atoms with van der Waals surface area (Å²) in [7, 11) is -3.43. The highest BCUT2D eigenvalue weighted by molar-refractivity contribution is 9.10. The molecule has 130 valence electrons. The van der Waals surface area contributed by atoms with Gasteiger partial charge in [-0.2, -0.15) is 0 Å². The van der Waals surface area contributed by atoms with Gasteiger partial charge in [-0.15, -0.1) is 0 Å². The third-order valence-electron chi connectivity index (χ3n) is 3.23. The molecule has 1 N–H and O–H groups in total. The van der Waals surface area contributed by atoms with Crippen LogP contribution in [0.15, 0.2) is 53.0 Å². The summed E-state index contributed by atoms with van der Waals surface area (Å²) in [5.41, 5.74) is 1.54. The lowest BCUT2D eigenvalue weighted by Gasteiger charge is -2.28. The molecule has 0 saturated carbocycles. The van der Waals surface area contributed by atoms with Crippen LogP contribution in [0.3, 0.4) is 0 Å². The summed E-state index contributed by atoms with van der Waals surface area (Å²) >= 11 is 9.51. The topological polar surface area (TPSA) is 47.6 Å². The van der Waals surface area contributed by atoms with E-state index in [4.69, 9.17) is 20.6 Å². The second-order valence-corrected chi connectivity index (χ2v) is 8.45. The highest BCUT2D eigenvalue weighted by Gasteiger charge is 2.37. The van der Waals surface area contributed by atoms with E-state index < -0.39 is 13.4 Å². The first-order valence-electron chi connectivity index (χ1n) is 7.65. The van der Waals surface area contributed by atoms with Crippen molar-refractivity contribution in [3.63, 3.8) is 0 Å². The fraction of sp³-hybridized carbons (Fsp3) is 0.294. The number of hydrogen-bond acceptors (Lipinski definition) is 4. The SMILES string of the molecule is CCOP(=O)(OCC)C(Nc1cccc(Cl)c1)c1cccc(Br)c1. The van der Waals surface area contributed by atoms with Gasteiger partial charge in [0.25, 0.3) is 0 Å². The van der Waals surface area contributed by atoms with E-state index in [1.807, 2.05) is 36.4 Å². The maximum absolute atomic E-state index is 13.4. The van der Waals surface area contributed by atoms with Gasteiger partial charge in [0.1, 0.15) is 0 Å². The van der Waals surface area contributed by atoms with Gasteiger partial charge in [0, 0.05) is 15.2 Å². The summed E-state index contributed by atoms with van der Waals surface area (Å²) in [5.74, 6) is -0.645. The van der Waals surface area contributed by atoms with Crippen LogP contribution in [0.1, 0.15) is 25.2 Å². The highest BCUT2D eigenvalue weighted by atomic mass is 79.9. The molecule has 0 bridgehead atoms. The Morgan fingerprint density at radius 1 is 1.12 bits per heavy atom. The van der Waals surface area contributed by atoms with Crippen molar-refractivity contribution in [2.45, 2.75) is 19.6 Å². The van der Waals surface area contributed by atoms with Crippen molar-refractivity contribution in [1.29, 1.82) is 0 Å². The predicted molar refractivity (Wildman–Crippen MR) is 103 cm³/mol. The quantitative estimate of drug-likeness (QED) is 0.485. The molecular weight excluding hydrogens is 413 g/mol. The summed E-state index contributed by atoms with van der Waals surface area (Å²) < 4.78 is 25.3. The molecule has 0 aliphatic heterocycles. The molecule has 0 radical (unpaired) electrons. The van der Waals surface area contributed by atoms with Gasteiger partial charge in [0.15, 0.2) is 5.78 Å². The molecule has 0 amide bonds. The molecule has 4 nitrogen and oxygen atoms in total. The molecule has 1 unspecified atom stereocenters. The minimum atomic E-state index is -3.43. The zero-order valence-corrected chi connectivity index (χ0v) is 16.8. The largest absolute Gasteiger partial charge is 0.368 e. The molecule has 0 spiro atoms. The Balaban J connectivity index is 2.45. The summed E-state index contributed by atoms with van der Waals surface area (Å²) in [4.78, 5) is 0. The first kappa shape index (κ1) is 19.5. The van der Waals surface area contributed by atoms with Crippen LogP contribution in [0, 0.1) is 0 Å². The van der Waals surface area contributed by atoms with Gasteiger partial charge in [-0.05, 0) is 49.7 Å². The fourth-order valence-electron chi connectivity index (χ4n) is 2.30. The smallest absolute Gasteiger partial charge is 0.357 e. The van der Waals surface area contributed by atoms with Crippen LogP contribution < -0.4 is 5.32 Å².